The fourth-order valence-electron chi connectivity index (χ4n) is 7.20. The van der Waals surface area contributed by atoms with Crippen LogP contribution in [0.15, 0.2) is 42.6 Å². The van der Waals surface area contributed by atoms with Crippen molar-refractivity contribution in [1.29, 1.82) is 0 Å². The Labute approximate surface area is 298 Å². The summed E-state index contributed by atoms with van der Waals surface area (Å²) in [6.07, 6.45) is 0.760. The normalized spacial score (nSPS) is 18.1. The Morgan fingerprint density at radius 3 is 2.52 bits per heavy atom. The van der Waals surface area contributed by atoms with E-state index in [0.29, 0.717) is 22.8 Å². The van der Waals surface area contributed by atoms with Crippen LogP contribution in [0.4, 0.5) is 22.4 Å². The number of rotatable bonds is 7. The minimum absolute atomic E-state index is 0.0383. The molecule has 5 aromatic rings. The first kappa shape index (κ1) is 35.4. The van der Waals surface area contributed by atoms with Crippen molar-refractivity contribution in [1.82, 2.24) is 29.4 Å². The molecule has 0 spiro atoms. The van der Waals surface area contributed by atoms with Gasteiger partial charge in [-0.25, -0.2) is 27.3 Å². The predicted molar refractivity (Wildman–Crippen MR) is 186 cm³/mol. The maximum atomic E-state index is 16.4. The highest BCUT2D eigenvalue weighted by Gasteiger charge is 2.46. The molecule has 3 aromatic heterocycles. The van der Waals surface area contributed by atoms with Gasteiger partial charge in [0.25, 0.3) is 5.92 Å². The van der Waals surface area contributed by atoms with Crippen LogP contribution >= 0.6 is 0 Å². The van der Waals surface area contributed by atoms with Gasteiger partial charge in [-0.2, -0.15) is 10.2 Å². The van der Waals surface area contributed by atoms with E-state index in [0.717, 1.165) is 11.5 Å². The van der Waals surface area contributed by atoms with Gasteiger partial charge in [-0.05, 0) is 58.7 Å². The molecule has 1 aliphatic heterocycles. The smallest absolute Gasteiger partial charge is 0.410 e. The molecule has 4 heterocycles. The van der Waals surface area contributed by atoms with E-state index in [9.17, 15) is 9.18 Å². The Balaban J connectivity index is 1.50. The number of pyridine rings is 1. The van der Waals surface area contributed by atoms with Crippen LogP contribution < -0.4 is 4.74 Å². The summed E-state index contributed by atoms with van der Waals surface area (Å²) in [5.41, 5.74) is 0.724. The Morgan fingerprint density at radius 1 is 1.02 bits per heavy atom. The monoisotopic (exact) mass is 720 g/mol. The Hall–Kier alpha value is -4.98. The lowest BCUT2D eigenvalue weighted by Gasteiger charge is -2.38. The zero-order valence-corrected chi connectivity index (χ0v) is 30.1. The molecule has 0 fully saturated rings. The van der Waals surface area contributed by atoms with E-state index in [1.165, 1.54) is 7.11 Å². The van der Waals surface area contributed by atoms with E-state index in [-0.39, 0.29) is 71.7 Å². The molecule has 7 rings (SSSR count). The Bertz CT molecular complexity index is 2210. The highest BCUT2D eigenvalue weighted by Crippen LogP contribution is 2.54. The molecule has 52 heavy (non-hydrogen) atoms. The van der Waals surface area contributed by atoms with Crippen molar-refractivity contribution in [2.45, 2.75) is 71.1 Å². The second-order valence-corrected chi connectivity index (χ2v) is 14.5. The second kappa shape index (κ2) is 12.9. The van der Waals surface area contributed by atoms with E-state index < -0.39 is 47.3 Å². The maximum absolute atomic E-state index is 16.4. The van der Waals surface area contributed by atoms with Gasteiger partial charge in [-0.3, -0.25) is 14.3 Å². The van der Waals surface area contributed by atoms with E-state index >= 15 is 13.2 Å². The van der Waals surface area contributed by atoms with Gasteiger partial charge in [0.15, 0.2) is 0 Å². The average molecular weight is 721 g/mol. The molecule has 10 nitrogen and oxygen atoms in total. The van der Waals surface area contributed by atoms with E-state index in [2.05, 4.69) is 5.10 Å². The highest BCUT2D eigenvalue weighted by molar-refractivity contribution is 5.91. The zero-order valence-electron chi connectivity index (χ0n) is 30.1. The minimum Gasteiger partial charge on any atom is -0.490 e. The summed E-state index contributed by atoms with van der Waals surface area (Å²) in [6, 6.07) is 7.87. The van der Waals surface area contributed by atoms with Crippen LogP contribution in [0.25, 0.3) is 44.7 Å². The van der Waals surface area contributed by atoms with Gasteiger partial charge in [-0.1, -0.05) is 12.1 Å². The number of hydrogen-bond donors (Lipinski definition) is 0. The first-order valence-electron chi connectivity index (χ1n) is 17.2. The van der Waals surface area contributed by atoms with Crippen LogP contribution in [0.3, 0.4) is 0 Å². The number of ether oxygens (including phenoxy) is 3. The third kappa shape index (κ3) is 6.26. The molecule has 0 bridgehead atoms. The molecule has 0 radical (unpaired) electrons. The SMILES string of the molecule is COCCOc1cc(F)cc(F)c1-c1c(-c2cc3n(n2)[C@@H](C)CN(C(=O)OC(C)(C)C)[C@@H]3C)nc(-c2ccc3cn(C)nc3c2)c2c1C(F)(F)CC2. The van der Waals surface area contributed by atoms with Gasteiger partial charge in [0.05, 0.1) is 46.9 Å². The summed E-state index contributed by atoms with van der Waals surface area (Å²) in [6.45, 7) is 9.32. The zero-order chi connectivity index (χ0) is 37.3. The van der Waals surface area contributed by atoms with Gasteiger partial charge in [0.2, 0.25) is 0 Å². The number of hydrogen-bond acceptors (Lipinski definition) is 7. The average Bonchev–Trinajstić information content (AvgIpc) is 3.76. The molecule has 0 unspecified atom stereocenters. The topological polar surface area (TPSA) is 96.5 Å². The van der Waals surface area contributed by atoms with Crippen LogP contribution in [0, 0.1) is 11.6 Å². The number of aromatic nitrogens is 5. The predicted octanol–water partition coefficient (Wildman–Crippen LogP) is 8.38. The van der Waals surface area contributed by atoms with Crippen molar-refractivity contribution >= 4 is 17.0 Å². The van der Waals surface area contributed by atoms with Crippen molar-refractivity contribution in [3.05, 3.63) is 71.1 Å². The third-order valence-electron chi connectivity index (χ3n) is 9.47. The van der Waals surface area contributed by atoms with Crippen molar-refractivity contribution in [3.8, 4) is 39.5 Å². The van der Waals surface area contributed by atoms with Gasteiger partial charge < -0.3 is 14.2 Å². The lowest BCUT2D eigenvalue weighted by atomic mass is 9.89. The number of nitrogens with zero attached hydrogens (tertiary/aromatic N) is 6. The summed E-state index contributed by atoms with van der Waals surface area (Å²) < 4.78 is 83.8. The molecule has 0 N–H and O–H groups in total. The number of carbonyl (C=O) groups is 1. The third-order valence-corrected chi connectivity index (χ3v) is 9.47. The van der Waals surface area contributed by atoms with E-state index in [1.54, 1.807) is 60.3 Å². The van der Waals surface area contributed by atoms with Crippen LogP contribution in [0.5, 0.6) is 5.75 Å². The quantitative estimate of drug-likeness (QED) is 0.123. The minimum atomic E-state index is -3.41. The van der Waals surface area contributed by atoms with Gasteiger partial charge >= 0.3 is 6.09 Å². The number of benzene rings is 2. The van der Waals surface area contributed by atoms with Crippen molar-refractivity contribution in [3.63, 3.8) is 0 Å². The van der Waals surface area contributed by atoms with Crippen molar-refractivity contribution < 1.29 is 36.6 Å². The van der Waals surface area contributed by atoms with Crippen LogP contribution in [-0.4, -0.2) is 68.0 Å². The number of aryl methyl sites for hydroxylation is 1. The first-order chi connectivity index (χ1) is 24.6. The number of fused-ring (bicyclic) bond motifs is 3. The van der Waals surface area contributed by atoms with Crippen molar-refractivity contribution in [2.75, 3.05) is 26.9 Å². The van der Waals surface area contributed by atoms with Crippen LogP contribution in [0.1, 0.15) is 69.9 Å². The van der Waals surface area contributed by atoms with Crippen LogP contribution in [-0.2, 0) is 28.9 Å². The molecule has 1 aliphatic carbocycles. The number of halogens is 4. The summed E-state index contributed by atoms with van der Waals surface area (Å²) in [5.74, 6) is -5.71. The number of carbonyl (C=O) groups excluding carboxylic acids is 1. The van der Waals surface area contributed by atoms with Gasteiger partial charge in [0.1, 0.15) is 35.3 Å². The molecule has 2 aromatic carbocycles. The molecule has 274 valence electrons. The molecule has 2 atom stereocenters. The second-order valence-electron chi connectivity index (χ2n) is 14.5. The molecule has 0 saturated carbocycles. The van der Waals surface area contributed by atoms with E-state index in [4.69, 9.17) is 24.3 Å². The number of methoxy groups -OCH3 is 1. The number of amides is 1. The standard InChI is InChI=1S/C38H40F4N6O4/c1-20-18-47(36(49)52-37(3,4)5)21(2)29-17-28(45-48(20)29)35-32(31-26(40)15-24(39)16-30(31)51-13-12-50-7)33-25(10-11-38(33,41)42)34(43-35)22-8-9-23-19-46(6)44-27(23)14-22/h8-9,14-17,19-21H,10-13,18H2,1-7H3/t20-,21+/m0/s1. The summed E-state index contributed by atoms with van der Waals surface area (Å²) in [7, 11) is 3.23. The lowest BCUT2D eigenvalue weighted by Crippen LogP contribution is -2.45. The fourth-order valence-corrected chi connectivity index (χ4v) is 7.20. The first-order valence-corrected chi connectivity index (χ1v) is 17.2. The largest absolute Gasteiger partial charge is 0.490 e. The lowest BCUT2D eigenvalue weighted by molar-refractivity contribution is -0.00136. The summed E-state index contributed by atoms with van der Waals surface area (Å²) in [5, 5.41) is 10.2. The molecule has 14 heteroatoms. The molecule has 1 amide bonds. The van der Waals surface area contributed by atoms with Gasteiger partial charge in [-0.15, -0.1) is 0 Å². The highest BCUT2D eigenvalue weighted by atomic mass is 19.3. The fraction of sp³-hybridized carbons (Fsp3) is 0.421. The molecule has 0 saturated heterocycles. The van der Waals surface area contributed by atoms with E-state index in [1.807, 2.05) is 26.1 Å². The Morgan fingerprint density at radius 2 is 1.79 bits per heavy atom. The van der Waals surface area contributed by atoms with Crippen molar-refractivity contribution in [2.24, 2.45) is 7.05 Å². The van der Waals surface area contributed by atoms with Crippen LogP contribution in [0.2, 0.25) is 0 Å². The number of alkyl halides is 2. The molecular formula is C38H40F4N6O4. The molecular weight excluding hydrogens is 680 g/mol. The van der Waals surface area contributed by atoms with Gasteiger partial charge in [0, 0.05) is 67.5 Å². The Kier molecular flexibility index (Phi) is 8.79. The summed E-state index contributed by atoms with van der Waals surface area (Å²) >= 11 is 0. The maximum Gasteiger partial charge on any atom is 0.410 e. The molecule has 2 aliphatic rings. The summed E-state index contributed by atoms with van der Waals surface area (Å²) in [4.78, 5) is 19.9.